The van der Waals surface area contributed by atoms with Crippen molar-refractivity contribution in [1.82, 2.24) is 0 Å². The first-order valence-electron chi connectivity index (χ1n) is 4.64. The summed E-state index contributed by atoms with van der Waals surface area (Å²) in [6.45, 7) is 2.87. The third-order valence-electron chi connectivity index (χ3n) is 2.19. The smallest absolute Gasteiger partial charge is 0.0502 e. The fourth-order valence-corrected chi connectivity index (χ4v) is 1.34. The zero-order valence-corrected chi connectivity index (χ0v) is 8.34. The van der Waals surface area contributed by atoms with Crippen LogP contribution in [0.3, 0.4) is 0 Å². The van der Waals surface area contributed by atoms with E-state index in [0.717, 1.165) is 25.1 Å². The third kappa shape index (κ3) is 2.74. The molecule has 13 heavy (non-hydrogen) atoms. The van der Waals surface area contributed by atoms with Gasteiger partial charge in [-0.2, -0.15) is 0 Å². The topological polar surface area (TPSA) is 35.2 Å². The minimum Gasteiger partial charge on any atom is -0.398 e. The molecule has 0 radical (unpaired) electrons. The fraction of sp³-hybridized carbons (Fsp3) is 0.455. The van der Waals surface area contributed by atoms with Crippen LogP contribution in [-0.4, -0.2) is 13.7 Å². The summed E-state index contributed by atoms with van der Waals surface area (Å²) in [4.78, 5) is 0. The van der Waals surface area contributed by atoms with E-state index in [2.05, 4.69) is 19.1 Å². The van der Waals surface area contributed by atoms with Crippen molar-refractivity contribution in [3.63, 3.8) is 0 Å². The summed E-state index contributed by atoms with van der Waals surface area (Å²) in [6.07, 6.45) is 1.93. The predicted octanol–water partition coefficient (Wildman–Crippen LogP) is 2.02. The number of methoxy groups -OCH3 is 1. The van der Waals surface area contributed by atoms with Gasteiger partial charge in [0.25, 0.3) is 0 Å². The molecule has 0 saturated heterocycles. The molecule has 0 aromatic heterocycles. The Labute approximate surface area is 79.7 Å². The van der Waals surface area contributed by atoms with Gasteiger partial charge in [-0.3, -0.25) is 0 Å². The van der Waals surface area contributed by atoms with Gasteiger partial charge in [-0.15, -0.1) is 0 Å². The zero-order valence-electron chi connectivity index (χ0n) is 8.34. The van der Waals surface area contributed by atoms with Crippen LogP contribution in [-0.2, 0) is 17.6 Å². The first-order chi connectivity index (χ1) is 6.27. The quantitative estimate of drug-likeness (QED) is 0.718. The predicted molar refractivity (Wildman–Crippen MR) is 55.8 cm³/mol. The van der Waals surface area contributed by atoms with Crippen LogP contribution in [0, 0.1) is 0 Å². The molecule has 2 heteroatoms. The molecule has 0 unspecified atom stereocenters. The van der Waals surface area contributed by atoms with Crippen LogP contribution in [0.1, 0.15) is 18.1 Å². The maximum Gasteiger partial charge on any atom is 0.0502 e. The molecule has 2 nitrogen and oxygen atoms in total. The van der Waals surface area contributed by atoms with Crippen molar-refractivity contribution in [2.45, 2.75) is 19.8 Å². The van der Waals surface area contributed by atoms with E-state index in [1.807, 2.05) is 6.07 Å². The van der Waals surface area contributed by atoms with Gasteiger partial charge in [0.15, 0.2) is 0 Å². The van der Waals surface area contributed by atoms with Gasteiger partial charge < -0.3 is 10.5 Å². The summed E-state index contributed by atoms with van der Waals surface area (Å²) in [7, 11) is 1.71. The summed E-state index contributed by atoms with van der Waals surface area (Å²) in [5, 5.41) is 0. The van der Waals surface area contributed by atoms with Gasteiger partial charge in [0, 0.05) is 12.8 Å². The van der Waals surface area contributed by atoms with Gasteiger partial charge in [0.2, 0.25) is 0 Å². The van der Waals surface area contributed by atoms with Crippen LogP contribution < -0.4 is 5.73 Å². The Morgan fingerprint density at radius 3 is 2.69 bits per heavy atom. The van der Waals surface area contributed by atoms with Crippen LogP contribution >= 0.6 is 0 Å². The lowest BCUT2D eigenvalue weighted by Gasteiger charge is -2.05. The highest BCUT2D eigenvalue weighted by Gasteiger charge is 1.98. The Morgan fingerprint density at radius 2 is 2.15 bits per heavy atom. The number of aryl methyl sites for hydroxylation is 1. The minimum absolute atomic E-state index is 0.755. The maximum atomic E-state index is 5.86. The average molecular weight is 179 g/mol. The molecule has 0 aliphatic rings. The first-order valence-corrected chi connectivity index (χ1v) is 4.64. The molecule has 0 saturated carbocycles. The van der Waals surface area contributed by atoms with Crippen molar-refractivity contribution in [1.29, 1.82) is 0 Å². The van der Waals surface area contributed by atoms with Gasteiger partial charge in [-0.1, -0.05) is 19.1 Å². The molecule has 0 fully saturated rings. The number of hydrogen-bond acceptors (Lipinski definition) is 2. The second kappa shape index (κ2) is 4.87. The number of ether oxygens (including phenoxy) is 1. The summed E-state index contributed by atoms with van der Waals surface area (Å²) < 4.78 is 5.00. The number of anilines is 1. The molecule has 1 aromatic carbocycles. The maximum absolute atomic E-state index is 5.86. The highest BCUT2D eigenvalue weighted by molar-refractivity contribution is 5.49. The molecule has 72 valence electrons. The number of benzene rings is 1. The van der Waals surface area contributed by atoms with E-state index in [0.29, 0.717) is 0 Å². The Hall–Kier alpha value is -1.02. The zero-order chi connectivity index (χ0) is 9.68. The lowest BCUT2D eigenvalue weighted by atomic mass is 10.1. The molecule has 0 spiro atoms. The van der Waals surface area contributed by atoms with Gasteiger partial charge in [0.1, 0.15) is 0 Å². The second-order valence-corrected chi connectivity index (χ2v) is 3.13. The van der Waals surface area contributed by atoms with E-state index in [1.165, 1.54) is 11.1 Å². The molecule has 1 aromatic rings. The molecule has 0 heterocycles. The normalized spacial score (nSPS) is 10.3. The van der Waals surface area contributed by atoms with Gasteiger partial charge in [0.05, 0.1) is 6.61 Å². The Kier molecular flexibility index (Phi) is 3.77. The average Bonchev–Trinajstić information content (AvgIpc) is 2.15. The van der Waals surface area contributed by atoms with Crippen LogP contribution in [0.4, 0.5) is 5.69 Å². The molecule has 0 aliphatic carbocycles. The van der Waals surface area contributed by atoms with Crippen molar-refractivity contribution in [3.8, 4) is 0 Å². The molecule has 0 atom stereocenters. The van der Waals surface area contributed by atoms with Crippen LogP contribution in [0.5, 0.6) is 0 Å². The summed E-state index contributed by atoms with van der Waals surface area (Å²) in [5.74, 6) is 0. The Bertz CT molecular complexity index is 271. The summed E-state index contributed by atoms with van der Waals surface area (Å²) >= 11 is 0. The highest BCUT2D eigenvalue weighted by atomic mass is 16.5. The Balaban J connectivity index is 2.71. The standard InChI is InChI=1S/C11H17NO/c1-3-10-5-4-9(6-7-13-2)8-11(10)12/h4-5,8H,3,6-7,12H2,1-2H3. The molecule has 0 aliphatic heterocycles. The van der Waals surface area contributed by atoms with Crippen LogP contribution in [0.15, 0.2) is 18.2 Å². The van der Waals surface area contributed by atoms with Gasteiger partial charge in [-0.05, 0) is 30.0 Å². The molecule has 1 rings (SSSR count). The summed E-state index contributed by atoms with van der Waals surface area (Å²) in [6, 6.07) is 6.26. The van der Waals surface area contributed by atoms with E-state index in [1.54, 1.807) is 7.11 Å². The summed E-state index contributed by atoms with van der Waals surface area (Å²) in [5.41, 5.74) is 9.23. The second-order valence-electron chi connectivity index (χ2n) is 3.13. The Morgan fingerprint density at radius 1 is 1.38 bits per heavy atom. The van der Waals surface area contributed by atoms with E-state index >= 15 is 0 Å². The van der Waals surface area contributed by atoms with E-state index in [9.17, 15) is 0 Å². The fourth-order valence-electron chi connectivity index (χ4n) is 1.34. The number of rotatable bonds is 4. The van der Waals surface area contributed by atoms with E-state index < -0.39 is 0 Å². The largest absolute Gasteiger partial charge is 0.398 e. The number of nitrogens with two attached hydrogens (primary N) is 1. The third-order valence-corrected chi connectivity index (χ3v) is 2.19. The van der Waals surface area contributed by atoms with Gasteiger partial charge >= 0.3 is 0 Å². The number of nitrogen functional groups attached to an aromatic ring is 1. The van der Waals surface area contributed by atoms with Crippen molar-refractivity contribution < 1.29 is 4.74 Å². The van der Waals surface area contributed by atoms with Crippen molar-refractivity contribution in [2.75, 3.05) is 19.5 Å². The highest BCUT2D eigenvalue weighted by Crippen LogP contribution is 2.15. The van der Waals surface area contributed by atoms with Crippen LogP contribution in [0.25, 0.3) is 0 Å². The minimum atomic E-state index is 0.755. The lowest BCUT2D eigenvalue weighted by Crippen LogP contribution is -1.98. The van der Waals surface area contributed by atoms with E-state index in [4.69, 9.17) is 10.5 Å². The van der Waals surface area contributed by atoms with Crippen molar-refractivity contribution in [3.05, 3.63) is 29.3 Å². The monoisotopic (exact) mass is 179 g/mol. The van der Waals surface area contributed by atoms with Crippen LogP contribution in [0.2, 0.25) is 0 Å². The first kappa shape index (κ1) is 10.1. The molecule has 2 N–H and O–H groups in total. The number of hydrogen-bond donors (Lipinski definition) is 1. The van der Waals surface area contributed by atoms with Crippen molar-refractivity contribution in [2.24, 2.45) is 0 Å². The van der Waals surface area contributed by atoms with E-state index in [-0.39, 0.29) is 0 Å². The molecule has 0 amide bonds. The van der Waals surface area contributed by atoms with Gasteiger partial charge in [-0.25, -0.2) is 0 Å². The lowest BCUT2D eigenvalue weighted by molar-refractivity contribution is 0.202. The molecular formula is C11H17NO. The SMILES string of the molecule is CCc1ccc(CCOC)cc1N. The molecular weight excluding hydrogens is 162 g/mol. The van der Waals surface area contributed by atoms with Crippen molar-refractivity contribution >= 4 is 5.69 Å². The molecule has 0 bridgehead atoms.